The van der Waals surface area contributed by atoms with Crippen molar-refractivity contribution in [1.82, 2.24) is 10.3 Å². The summed E-state index contributed by atoms with van der Waals surface area (Å²) in [4.78, 5) is 15.2. The van der Waals surface area contributed by atoms with Gasteiger partial charge in [0, 0.05) is 43.3 Å². The van der Waals surface area contributed by atoms with Gasteiger partial charge in [0.15, 0.2) is 0 Å². The predicted molar refractivity (Wildman–Crippen MR) is 98.7 cm³/mol. The van der Waals surface area contributed by atoms with Crippen molar-refractivity contribution < 1.29 is 14.3 Å². The first-order valence-corrected chi connectivity index (χ1v) is 9.34. The maximum Gasteiger partial charge on any atom is 0.220 e. The number of carbonyl (C=O) groups excluding carboxylic acids is 1. The van der Waals surface area contributed by atoms with E-state index in [0.717, 1.165) is 44.2 Å². The zero-order valence-corrected chi connectivity index (χ0v) is 14.8. The maximum atomic E-state index is 11.9. The number of hydrogen-bond acceptors (Lipinski definition) is 3. The van der Waals surface area contributed by atoms with Crippen LogP contribution < -0.4 is 5.32 Å². The number of ether oxygens (including phenoxy) is 2. The van der Waals surface area contributed by atoms with Crippen molar-refractivity contribution in [2.75, 3.05) is 26.4 Å². The highest BCUT2D eigenvalue weighted by atomic mass is 16.5. The van der Waals surface area contributed by atoms with Crippen molar-refractivity contribution >= 4 is 16.8 Å². The molecule has 1 unspecified atom stereocenters. The summed E-state index contributed by atoms with van der Waals surface area (Å²) in [6.45, 7) is 2.90. The predicted octanol–water partition coefficient (Wildman–Crippen LogP) is 3.19. The van der Waals surface area contributed by atoms with Crippen LogP contribution in [0.1, 0.15) is 37.7 Å². The van der Waals surface area contributed by atoms with Gasteiger partial charge >= 0.3 is 0 Å². The molecular formula is C20H28N2O3. The Hall–Kier alpha value is -1.85. The van der Waals surface area contributed by atoms with Crippen LogP contribution in [0.15, 0.2) is 30.5 Å². The van der Waals surface area contributed by atoms with Crippen LogP contribution in [0.3, 0.4) is 0 Å². The van der Waals surface area contributed by atoms with Gasteiger partial charge < -0.3 is 19.8 Å². The molecule has 5 nitrogen and oxygen atoms in total. The van der Waals surface area contributed by atoms with E-state index in [1.54, 1.807) is 0 Å². The molecule has 0 saturated carbocycles. The molecule has 1 aliphatic heterocycles. The molecule has 1 atom stereocenters. The molecule has 3 rings (SSSR count). The Morgan fingerprint density at radius 2 is 2.24 bits per heavy atom. The van der Waals surface area contributed by atoms with E-state index in [1.165, 1.54) is 10.9 Å². The Morgan fingerprint density at radius 3 is 3.12 bits per heavy atom. The third kappa shape index (κ3) is 5.58. The normalized spacial score (nSPS) is 17.2. The highest BCUT2D eigenvalue weighted by Gasteiger charge is 2.14. The fourth-order valence-electron chi connectivity index (χ4n) is 3.26. The van der Waals surface area contributed by atoms with Crippen LogP contribution in [0.25, 0.3) is 10.9 Å². The van der Waals surface area contributed by atoms with Gasteiger partial charge in [0.1, 0.15) is 0 Å². The van der Waals surface area contributed by atoms with E-state index in [1.807, 2.05) is 18.3 Å². The van der Waals surface area contributed by atoms with Crippen LogP contribution >= 0.6 is 0 Å². The third-order valence-electron chi connectivity index (χ3n) is 4.64. The minimum absolute atomic E-state index is 0.124. The summed E-state index contributed by atoms with van der Waals surface area (Å²) in [7, 11) is 0. The Morgan fingerprint density at radius 1 is 1.32 bits per heavy atom. The standard InChI is InChI=1S/C20H28N2O3/c23-20(21-11-5-12-24-15-17-7-4-13-25-17)10-3-6-16-14-22-19-9-2-1-8-18(16)19/h1-2,8-9,14,17,22H,3-7,10-13,15H2,(H,21,23). The van der Waals surface area contributed by atoms with E-state index in [-0.39, 0.29) is 12.0 Å². The number of para-hydroxylation sites is 1. The van der Waals surface area contributed by atoms with Gasteiger partial charge in [-0.05, 0) is 43.7 Å². The molecule has 1 amide bonds. The minimum Gasteiger partial charge on any atom is -0.379 e. The van der Waals surface area contributed by atoms with Crippen molar-refractivity contribution in [3.8, 4) is 0 Å². The van der Waals surface area contributed by atoms with Gasteiger partial charge in [-0.25, -0.2) is 0 Å². The summed E-state index contributed by atoms with van der Waals surface area (Å²) in [5.41, 5.74) is 2.44. The van der Waals surface area contributed by atoms with Crippen LogP contribution in [-0.4, -0.2) is 43.4 Å². The number of amides is 1. The first-order chi connectivity index (χ1) is 12.3. The highest BCUT2D eigenvalue weighted by Crippen LogP contribution is 2.19. The molecule has 136 valence electrons. The zero-order chi connectivity index (χ0) is 17.3. The van der Waals surface area contributed by atoms with Crippen LogP contribution in [0, 0.1) is 0 Å². The fourth-order valence-corrected chi connectivity index (χ4v) is 3.26. The average molecular weight is 344 g/mol. The van der Waals surface area contributed by atoms with E-state index in [9.17, 15) is 4.79 Å². The smallest absolute Gasteiger partial charge is 0.220 e. The van der Waals surface area contributed by atoms with Crippen molar-refractivity contribution in [2.45, 2.75) is 44.6 Å². The molecular weight excluding hydrogens is 316 g/mol. The van der Waals surface area contributed by atoms with Gasteiger partial charge in [0.05, 0.1) is 12.7 Å². The second-order valence-corrected chi connectivity index (χ2v) is 6.63. The van der Waals surface area contributed by atoms with E-state index in [2.05, 4.69) is 22.4 Å². The largest absolute Gasteiger partial charge is 0.379 e. The average Bonchev–Trinajstić information content (AvgIpc) is 3.28. The lowest BCUT2D eigenvalue weighted by Crippen LogP contribution is -2.25. The lowest BCUT2D eigenvalue weighted by molar-refractivity contribution is -0.121. The summed E-state index contributed by atoms with van der Waals surface area (Å²) in [5, 5.41) is 4.23. The third-order valence-corrected chi connectivity index (χ3v) is 4.64. The number of carbonyl (C=O) groups is 1. The zero-order valence-electron chi connectivity index (χ0n) is 14.8. The van der Waals surface area contributed by atoms with E-state index >= 15 is 0 Å². The Kier molecular flexibility index (Phi) is 6.89. The topological polar surface area (TPSA) is 63.4 Å². The van der Waals surface area contributed by atoms with Gasteiger partial charge in [-0.15, -0.1) is 0 Å². The molecule has 2 aromatic rings. The molecule has 1 fully saturated rings. The molecule has 1 aromatic carbocycles. The second-order valence-electron chi connectivity index (χ2n) is 6.63. The molecule has 5 heteroatoms. The van der Waals surface area contributed by atoms with Gasteiger partial charge in [0.25, 0.3) is 0 Å². The number of rotatable bonds is 10. The van der Waals surface area contributed by atoms with Crippen molar-refractivity contribution in [3.05, 3.63) is 36.0 Å². The second kappa shape index (κ2) is 9.59. The molecule has 2 N–H and O–H groups in total. The molecule has 0 radical (unpaired) electrons. The van der Waals surface area contributed by atoms with E-state index in [4.69, 9.17) is 9.47 Å². The molecule has 1 aromatic heterocycles. The summed E-state index contributed by atoms with van der Waals surface area (Å²) in [6.07, 6.45) is 7.77. The molecule has 0 aliphatic carbocycles. The first-order valence-electron chi connectivity index (χ1n) is 9.34. The summed E-state index contributed by atoms with van der Waals surface area (Å²) < 4.78 is 11.1. The van der Waals surface area contributed by atoms with Crippen molar-refractivity contribution in [3.63, 3.8) is 0 Å². The van der Waals surface area contributed by atoms with Crippen molar-refractivity contribution in [2.24, 2.45) is 0 Å². The van der Waals surface area contributed by atoms with Gasteiger partial charge in [-0.1, -0.05) is 18.2 Å². The summed E-state index contributed by atoms with van der Waals surface area (Å²) in [6, 6.07) is 8.28. The van der Waals surface area contributed by atoms with Gasteiger partial charge in [0.2, 0.25) is 5.91 Å². The number of aryl methyl sites for hydroxylation is 1. The lowest BCUT2D eigenvalue weighted by Gasteiger charge is -2.10. The molecule has 2 heterocycles. The Labute approximate surface area is 149 Å². The van der Waals surface area contributed by atoms with E-state index < -0.39 is 0 Å². The number of H-pyrrole nitrogens is 1. The first kappa shape index (κ1) is 18.0. The summed E-state index contributed by atoms with van der Waals surface area (Å²) in [5.74, 6) is 0.124. The summed E-state index contributed by atoms with van der Waals surface area (Å²) >= 11 is 0. The number of hydrogen-bond donors (Lipinski definition) is 2. The lowest BCUT2D eigenvalue weighted by atomic mass is 10.1. The number of fused-ring (bicyclic) bond motifs is 1. The van der Waals surface area contributed by atoms with Crippen LogP contribution in [0.4, 0.5) is 0 Å². The SMILES string of the molecule is O=C(CCCc1c[nH]c2ccccc12)NCCCOCC1CCCO1. The molecule has 0 spiro atoms. The number of benzene rings is 1. The van der Waals surface area contributed by atoms with Crippen LogP contribution in [-0.2, 0) is 20.7 Å². The van der Waals surface area contributed by atoms with Crippen LogP contribution in [0.2, 0.25) is 0 Å². The molecule has 0 bridgehead atoms. The monoisotopic (exact) mass is 344 g/mol. The fraction of sp³-hybridized carbons (Fsp3) is 0.550. The quantitative estimate of drug-likeness (QED) is 0.651. The number of aromatic amines is 1. The Bertz CT molecular complexity index is 662. The maximum absolute atomic E-state index is 11.9. The van der Waals surface area contributed by atoms with E-state index in [0.29, 0.717) is 26.2 Å². The van der Waals surface area contributed by atoms with Gasteiger partial charge in [-0.2, -0.15) is 0 Å². The highest BCUT2D eigenvalue weighted by molar-refractivity contribution is 5.83. The number of nitrogens with one attached hydrogen (secondary N) is 2. The molecule has 1 aliphatic rings. The van der Waals surface area contributed by atoms with Crippen molar-refractivity contribution in [1.29, 1.82) is 0 Å². The molecule has 1 saturated heterocycles. The van der Waals surface area contributed by atoms with Crippen LogP contribution in [0.5, 0.6) is 0 Å². The minimum atomic E-state index is 0.124. The Balaban J connectivity index is 1.23. The molecule has 25 heavy (non-hydrogen) atoms. The van der Waals surface area contributed by atoms with Gasteiger partial charge in [-0.3, -0.25) is 4.79 Å². The number of aromatic nitrogens is 1.